The first kappa shape index (κ1) is 15.5. The molecule has 0 aliphatic carbocycles. The molecule has 24 heavy (non-hydrogen) atoms. The van der Waals surface area contributed by atoms with Gasteiger partial charge in [0.15, 0.2) is 0 Å². The minimum Gasteiger partial charge on any atom is -0.496 e. The van der Waals surface area contributed by atoms with E-state index in [1.54, 1.807) is 25.3 Å². The number of methoxy groups -OCH3 is 1. The van der Waals surface area contributed by atoms with Gasteiger partial charge in [-0.1, -0.05) is 47.6 Å². The molecule has 0 aliphatic rings. The Balaban J connectivity index is 1.70. The second kappa shape index (κ2) is 7.23. The topological polar surface area (TPSA) is 77.3 Å². The molecule has 6 nitrogen and oxygen atoms in total. The second-order valence-corrected chi connectivity index (χ2v) is 4.85. The van der Waals surface area contributed by atoms with Crippen LogP contribution in [-0.4, -0.2) is 23.2 Å². The fourth-order valence-electron chi connectivity index (χ4n) is 2.09. The first-order valence-electron chi connectivity index (χ1n) is 7.27. The molecule has 6 heteroatoms. The predicted molar refractivity (Wildman–Crippen MR) is 90.4 cm³/mol. The highest BCUT2D eigenvalue weighted by molar-refractivity contribution is 6.00. The molecule has 1 N–H and O–H groups in total. The zero-order valence-corrected chi connectivity index (χ0v) is 13.0. The normalized spacial score (nSPS) is 10.7. The van der Waals surface area contributed by atoms with Gasteiger partial charge in [-0.2, -0.15) is 0 Å². The van der Waals surface area contributed by atoms with Crippen LogP contribution < -0.4 is 10.1 Å². The molecule has 0 saturated heterocycles. The lowest BCUT2D eigenvalue weighted by Gasteiger charge is -2.03. The number of hydrogen-bond donors (Lipinski definition) is 1. The molecule has 0 unspecified atom stereocenters. The fourth-order valence-corrected chi connectivity index (χ4v) is 2.09. The lowest BCUT2D eigenvalue weighted by atomic mass is 10.2. The smallest absolute Gasteiger partial charge is 0.322 e. The van der Waals surface area contributed by atoms with Crippen molar-refractivity contribution in [3.8, 4) is 17.2 Å². The van der Waals surface area contributed by atoms with Gasteiger partial charge in [0, 0.05) is 6.08 Å². The summed E-state index contributed by atoms with van der Waals surface area (Å²) < 4.78 is 10.7. The summed E-state index contributed by atoms with van der Waals surface area (Å²) in [5.74, 6) is 0.534. The highest BCUT2D eigenvalue weighted by Crippen LogP contribution is 2.29. The largest absolute Gasteiger partial charge is 0.496 e. The van der Waals surface area contributed by atoms with E-state index in [1.165, 1.54) is 6.08 Å². The Bertz CT molecular complexity index is 857. The lowest BCUT2D eigenvalue weighted by molar-refractivity contribution is -0.112. The third-order valence-electron chi connectivity index (χ3n) is 3.22. The highest BCUT2D eigenvalue weighted by Gasteiger charge is 2.13. The number of aromatic nitrogens is 2. The summed E-state index contributed by atoms with van der Waals surface area (Å²) in [6.45, 7) is 0. The van der Waals surface area contributed by atoms with Gasteiger partial charge in [0.2, 0.25) is 0 Å². The predicted octanol–water partition coefficient (Wildman–Crippen LogP) is 3.40. The van der Waals surface area contributed by atoms with Crippen LogP contribution in [0.1, 0.15) is 5.56 Å². The Labute approximate surface area is 138 Å². The SMILES string of the molecule is COc1ccccc1-c1nnc(NC(=O)/C=C/c2ccccc2)o1. The number of benzene rings is 2. The van der Waals surface area contributed by atoms with Gasteiger partial charge >= 0.3 is 6.01 Å². The molecule has 0 atom stereocenters. The number of nitrogens with zero attached hydrogens (tertiary/aromatic N) is 2. The van der Waals surface area contributed by atoms with E-state index in [-0.39, 0.29) is 17.8 Å². The molecule has 0 spiro atoms. The van der Waals surface area contributed by atoms with Crippen LogP contribution in [0.2, 0.25) is 0 Å². The van der Waals surface area contributed by atoms with Gasteiger partial charge in [0.1, 0.15) is 5.75 Å². The van der Waals surface area contributed by atoms with Gasteiger partial charge in [-0.3, -0.25) is 10.1 Å². The van der Waals surface area contributed by atoms with Crippen molar-refractivity contribution in [2.45, 2.75) is 0 Å². The van der Waals surface area contributed by atoms with Crippen LogP contribution in [0, 0.1) is 0 Å². The minimum absolute atomic E-state index is 0.0265. The molecular formula is C18H15N3O3. The number of carbonyl (C=O) groups excluding carboxylic acids is 1. The van der Waals surface area contributed by atoms with Crippen LogP contribution in [0.4, 0.5) is 6.01 Å². The van der Waals surface area contributed by atoms with Gasteiger partial charge in [-0.25, -0.2) is 0 Å². The molecule has 0 aliphatic heterocycles. The number of para-hydroxylation sites is 1. The van der Waals surface area contributed by atoms with Gasteiger partial charge in [0.25, 0.3) is 11.8 Å². The van der Waals surface area contributed by atoms with E-state index in [9.17, 15) is 4.79 Å². The maximum atomic E-state index is 11.9. The number of amides is 1. The van der Waals surface area contributed by atoms with E-state index in [4.69, 9.17) is 9.15 Å². The molecule has 0 radical (unpaired) electrons. The summed E-state index contributed by atoms with van der Waals surface area (Å²) in [5, 5.41) is 10.3. The molecule has 120 valence electrons. The van der Waals surface area contributed by atoms with Crippen molar-refractivity contribution in [2.24, 2.45) is 0 Å². The molecule has 3 rings (SSSR count). The molecule has 0 fully saturated rings. The minimum atomic E-state index is -0.353. The Kier molecular flexibility index (Phi) is 4.67. The van der Waals surface area contributed by atoms with Gasteiger partial charge in [-0.05, 0) is 23.8 Å². The zero-order chi connectivity index (χ0) is 16.8. The molecule has 3 aromatic rings. The van der Waals surface area contributed by atoms with Crippen molar-refractivity contribution in [3.05, 3.63) is 66.2 Å². The summed E-state index contributed by atoms with van der Waals surface area (Å²) in [7, 11) is 1.56. The average molecular weight is 321 g/mol. The molecule has 1 heterocycles. The quantitative estimate of drug-likeness (QED) is 0.729. The van der Waals surface area contributed by atoms with Crippen LogP contribution in [0.15, 0.2) is 65.1 Å². The molecule has 1 amide bonds. The van der Waals surface area contributed by atoms with Crippen molar-refractivity contribution < 1.29 is 13.9 Å². The number of hydrogen-bond acceptors (Lipinski definition) is 5. The molecule has 0 saturated carbocycles. The number of carbonyl (C=O) groups is 1. The maximum Gasteiger partial charge on any atom is 0.322 e. The standard InChI is InChI=1S/C18H15N3O3/c1-23-15-10-6-5-9-14(15)17-20-21-18(24-17)19-16(22)12-11-13-7-3-2-4-8-13/h2-12H,1H3,(H,19,21,22)/b12-11+. The van der Waals surface area contributed by atoms with E-state index in [0.29, 0.717) is 11.3 Å². The third kappa shape index (κ3) is 3.67. The molecule has 2 aromatic carbocycles. The van der Waals surface area contributed by atoms with Crippen molar-refractivity contribution in [1.82, 2.24) is 10.2 Å². The van der Waals surface area contributed by atoms with Crippen LogP contribution in [0.3, 0.4) is 0 Å². The number of nitrogens with one attached hydrogen (secondary N) is 1. The Morgan fingerprint density at radius 1 is 1.08 bits per heavy atom. The highest BCUT2D eigenvalue weighted by atomic mass is 16.5. The first-order valence-corrected chi connectivity index (χ1v) is 7.27. The van der Waals surface area contributed by atoms with Gasteiger partial charge < -0.3 is 9.15 Å². The maximum absolute atomic E-state index is 11.9. The summed E-state index contributed by atoms with van der Waals surface area (Å²) in [5.41, 5.74) is 1.58. The molecule has 1 aromatic heterocycles. The molecule has 0 bridgehead atoms. The first-order chi connectivity index (χ1) is 11.8. The summed E-state index contributed by atoms with van der Waals surface area (Å²) >= 11 is 0. The van der Waals surface area contributed by atoms with Crippen LogP contribution >= 0.6 is 0 Å². The fraction of sp³-hybridized carbons (Fsp3) is 0.0556. The van der Waals surface area contributed by atoms with Crippen molar-refractivity contribution in [1.29, 1.82) is 0 Å². The summed E-state index contributed by atoms with van der Waals surface area (Å²) in [6.07, 6.45) is 3.11. The number of anilines is 1. The van der Waals surface area contributed by atoms with E-state index >= 15 is 0 Å². The monoisotopic (exact) mass is 321 g/mol. The summed E-state index contributed by atoms with van der Waals surface area (Å²) in [4.78, 5) is 11.9. The van der Waals surface area contributed by atoms with E-state index < -0.39 is 0 Å². The van der Waals surface area contributed by atoms with Crippen molar-refractivity contribution in [2.75, 3.05) is 12.4 Å². The van der Waals surface area contributed by atoms with Crippen LogP contribution in [0.25, 0.3) is 17.5 Å². The second-order valence-electron chi connectivity index (χ2n) is 4.85. The van der Waals surface area contributed by atoms with E-state index in [2.05, 4.69) is 15.5 Å². The Hall–Kier alpha value is -3.41. The molecular weight excluding hydrogens is 306 g/mol. The van der Waals surface area contributed by atoms with Gasteiger partial charge in [-0.15, -0.1) is 5.10 Å². The third-order valence-corrected chi connectivity index (χ3v) is 3.22. The number of ether oxygens (including phenoxy) is 1. The van der Waals surface area contributed by atoms with E-state index in [1.807, 2.05) is 42.5 Å². The average Bonchev–Trinajstić information content (AvgIpc) is 3.09. The zero-order valence-electron chi connectivity index (χ0n) is 13.0. The van der Waals surface area contributed by atoms with Crippen molar-refractivity contribution >= 4 is 18.0 Å². The number of rotatable bonds is 5. The van der Waals surface area contributed by atoms with Crippen LogP contribution in [0.5, 0.6) is 5.75 Å². The Morgan fingerprint density at radius 3 is 2.62 bits per heavy atom. The summed E-state index contributed by atoms with van der Waals surface area (Å²) in [6, 6.07) is 16.8. The van der Waals surface area contributed by atoms with Crippen molar-refractivity contribution in [3.63, 3.8) is 0 Å². The Morgan fingerprint density at radius 2 is 1.83 bits per heavy atom. The van der Waals surface area contributed by atoms with Gasteiger partial charge in [0.05, 0.1) is 12.7 Å². The van der Waals surface area contributed by atoms with Crippen LogP contribution in [-0.2, 0) is 4.79 Å². The lowest BCUT2D eigenvalue weighted by Crippen LogP contribution is -2.07. The van der Waals surface area contributed by atoms with E-state index in [0.717, 1.165) is 5.56 Å².